The van der Waals surface area contributed by atoms with Crippen LogP contribution in [0.25, 0.3) is 0 Å². The molecule has 2 rings (SSSR count). The third-order valence-electron chi connectivity index (χ3n) is 4.60. The highest BCUT2D eigenvalue weighted by Crippen LogP contribution is 2.38. The highest BCUT2D eigenvalue weighted by molar-refractivity contribution is 6.41. The van der Waals surface area contributed by atoms with Gasteiger partial charge in [0.05, 0.1) is 5.71 Å². The molecule has 0 unspecified atom stereocenters. The van der Waals surface area contributed by atoms with Crippen LogP contribution in [0.5, 0.6) is 0 Å². The topological polar surface area (TPSA) is 40.9 Å². The Balaban J connectivity index is 2.06. The Kier molecular flexibility index (Phi) is 4.97. The standard InChI is InChI=1S/C18H22F3NO/c1-18(2,3)17(22)16(23)11-6-4-10(5-7-11)12-8-9-13(19)15(21)14(12)20/h8-11,22H,4-7H2,1-3H3. The molecule has 0 atom stereocenters. The number of ketones is 1. The van der Waals surface area contributed by atoms with Gasteiger partial charge in [0.2, 0.25) is 0 Å². The molecule has 1 aliphatic rings. The molecule has 1 aliphatic carbocycles. The average molecular weight is 325 g/mol. The molecule has 0 radical (unpaired) electrons. The van der Waals surface area contributed by atoms with Crippen molar-refractivity contribution in [3.63, 3.8) is 0 Å². The number of halogens is 3. The summed E-state index contributed by atoms with van der Waals surface area (Å²) in [5.74, 6) is -4.34. The first-order chi connectivity index (χ1) is 10.6. The predicted octanol–water partition coefficient (Wildman–Crippen LogP) is 5.01. The van der Waals surface area contributed by atoms with E-state index in [0.717, 1.165) is 6.07 Å². The molecule has 126 valence electrons. The lowest BCUT2D eigenvalue weighted by Crippen LogP contribution is -2.34. The molecule has 0 saturated heterocycles. The normalized spacial score (nSPS) is 22.0. The smallest absolute Gasteiger partial charge is 0.194 e. The van der Waals surface area contributed by atoms with E-state index < -0.39 is 22.9 Å². The molecular formula is C18H22F3NO. The molecule has 1 N–H and O–H groups in total. The van der Waals surface area contributed by atoms with Crippen LogP contribution in [0.15, 0.2) is 12.1 Å². The fourth-order valence-electron chi connectivity index (χ4n) is 3.10. The first kappa shape index (κ1) is 17.7. The minimum atomic E-state index is -1.43. The Morgan fingerprint density at radius 1 is 1.04 bits per heavy atom. The summed E-state index contributed by atoms with van der Waals surface area (Å²) in [5.41, 5.74) is -0.194. The molecule has 0 spiro atoms. The average Bonchev–Trinajstić information content (AvgIpc) is 2.51. The number of benzene rings is 1. The van der Waals surface area contributed by atoms with E-state index in [1.165, 1.54) is 6.07 Å². The first-order valence-electron chi connectivity index (χ1n) is 7.89. The summed E-state index contributed by atoms with van der Waals surface area (Å²) in [5, 5.41) is 7.98. The van der Waals surface area contributed by atoms with E-state index in [1.807, 2.05) is 20.8 Å². The van der Waals surface area contributed by atoms with E-state index >= 15 is 0 Å². The van der Waals surface area contributed by atoms with Crippen LogP contribution in [0.4, 0.5) is 13.2 Å². The van der Waals surface area contributed by atoms with Crippen LogP contribution in [-0.2, 0) is 4.79 Å². The number of carbonyl (C=O) groups excluding carboxylic acids is 1. The molecular weight excluding hydrogens is 303 g/mol. The summed E-state index contributed by atoms with van der Waals surface area (Å²) in [6, 6.07) is 2.23. The van der Waals surface area contributed by atoms with E-state index in [-0.39, 0.29) is 28.9 Å². The lowest BCUT2D eigenvalue weighted by molar-refractivity contribution is -0.117. The van der Waals surface area contributed by atoms with Crippen LogP contribution in [0.1, 0.15) is 57.9 Å². The molecule has 1 saturated carbocycles. The maximum atomic E-state index is 13.9. The van der Waals surface area contributed by atoms with Gasteiger partial charge in [-0.1, -0.05) is 26.8 Å². The number of nitrogens with one attached hydrogen (secondary N) is 1. The van der Waals surface area contributed by atoms with Crippen molar-refractivity contribution in [2.45, 2.75) is 52.4 Å². The van der Waals surface area contributed by atoms with Crippen LogP contribution >= 0.6 is 0 Å². The van der Waals surface area contributed by atoms with Gasteiger partial charge in [-0.25, -0.2) is 13.2 Å². The van der Waals surface area contributed by atoms with Gasteiger partial charge in [-0.3, -0.25) is 4.79 Å². The second-order valence-corrected chi connectivity index (χ2v) is 7.30. The van der Waals surface area contributed by atoms with Crippen LogP contribution < -0.4 is 0 Å². The molecule has 23 heavy (non-hydrogen) atoms. The minimum absolute atomic E-state index is 0.111. The summed E-state index contributed by atoms with van der Waals surface area (Å²) in [7, 11) is 0. The number of hydrogen-bond acceptors (Lipinski definition) is 2. The van der Waals surface area contributed by atoms with Crippen molar-refractivity contribution >= 4 is 11.5 Å². The van der Waals surface area contributed by atoms with Gasteiger partial charge in [0, 0.05) is 11.3 Å². The molecule has 1 aromatic rings. The Hall–Kier alpha value is -1.65. The van der Waals surface area contributed by atoms with Gasteiger partial charge in [0.25, 0.3) is 0 Å². The van der Waals surface area contributed by atoms with Crippen LogP contribution in [0.2, 0.25) is 0 Å². The lowest BCUT2D eigenvalue weighted by Gasteiger charge is -2.30. The highest BCUT2D eigenvalue weighted by Gasteiger charge is 2.34. The monoisotopic (exact) mass is 325 g/mol. The molecule has 0 bridgehead atoms. The maximum Gasteiger partial charge on any atom is 0.194 e. The van der Waals surface area contributed by atoms with Gasteiger partial charge in [-0.2, -0.15) is 0 Å². The predicted molar refractivity (Wildman–Crippen MR) is 83.2 cm³/mol. The quantitative estimate of drug-likeness (QED) is 0.616. The number of hydrogen-bond donors (Lipinski definition) is 1. The van der Waals surface area contributed by atoms with E-state index in [2.05, 4.69) is 0 Å². The number of rotatable bonds is 3. The van der Waals surface area contributed by atoms with Crippen molar-refractivity contribution in [3.05, 3.63) is 35.1 Å². The Bertz CT molecular complexity index is 626. The molecule has 0 aromatic heterocycles. The van der Waals surface area contributed by atoms with Gasteiger partial charge >= 0.3 is 0 Å². The zero-order valence-electron chi connectivity index (χ0n) is 13.7. The number of carbonyl (C=O) groups is 1. The minimum Gasteiger partial charge on any atom is -0.301 e. The summed E-state index contributed by atoms with van der Waals surface area (Å²) in [6.45, 7) is 5.49. The molecule has 1 fully saturated rings. The summed E-state index contributed by atoms with van der Waals surface area (Å²) >= 11 is 0. The van der Waals surface area contributed by atoms with E-state index in [9.17, 15) is 18.0 Å². The zero-order chi connectivity index (χ0) is 17.4. The van der Waals surface area contributed by atoms with Crippen LogP contribution in [0, 0.1) is 34.2 Å². The SMILES string of the molecule is CC(C)(C)C(=N)C(=O)C1CCC(c2ccc(F)c(F)c2F)CC1. The van der Waals surface area contributed by atoms with E-state index in [4.69, 9.17) is 5.41 Å². The van der Waals surface area contributed by atoms with Gasteiger partial charge in [0.1, 0.15) is 0 Å². The van der Waals surface area contributed by atoms with Gasteiger partial charge in [-0.15, -0.1) is 0 Å². The first-order valence-corrected chi connectivity index (χ1v) is 7.89. The van der Waals surface area contributed by atoms with Gasteiger partial charge in [0.15, 0.2) is 23.2 Å². The third-order valence-corrected chi connectivity index (χ3v) is 4.60. The van der Waals surface area contributed by atoms with Crippen molar-refractivity contribution in [3.8, 4) is 0 Å². The largest absolute Gasteiger partial charge is 0.301 e. The summed E-state index contributed by atoms with van der Waals surface area (Å²) in [4.78, 5) is 12.3. The fourth-order valence-corrected chi connectivity index (χ4v) is 3.10. The fraction of sp³-hybridized carbons (Fsp3) is 0.556. The van der Waals surface area contributed by atoms with Crippen molar-refractivity contribution in [1.29, 1.82) is 5.41 Å². The van der Waals surface area contributed by atoms with E-state index in [1.54, 1.807) is 0 Å². The molecule has 1 aromatic carbocycles. The van der Waals surface area contributed by atoms with Crippen molar-refractivity contribution in [1.82, 2.24) is 0 Å². The Morgan fingerprint density at radius 2 is 1.61 bits per heavy atom. The van der Waals surface area contributed by atoms with Gasteiger partial charge < -0.3 is 5.41 Å². The van der Waals surface area contributed by atoms with E-state index in [0.29, 0.717) is 25.7 Å². The number of Topliss-reactive ketones (excluding diaryl/α,β-unsaturated/α-hetero) is 1. The summed E-state index contributed by atoms with van der Waals surface area (Å²) in [6.07, 6.45) is 2.16. The molecule has 2 nitrogen and oxygen atoms in total. The van der Waals surface area contributed by atoms with Gasteiger partial charge in [-0.05, 0) is 43.2 Å². The second-order valence-electron chi connectivity index (χ2n) is 7.30. The second kappa shape index (κ2) is 6.46. The van der Waals surface area contributed by atoms with Crippen molar-refractivity contribution < 1.29 is 18.0 Å². The maximum absolute atomic E-state index is 13.9. The highest BCUT2D eigenvalue weighted by atomic mass is 19.2. The Labute approximate surface area is 134 Å². The molecule has 5 heteroatoms. The zero-order valence-corrected chi connectivity index (χ0v) is 13.7. The van der Waals surface area contributed by atoms with Crippen molar-refractivity contribution in [2.24, 2.45) is 11.3 Å². The molecule has 0 amide bonds. The van der Waals surface area contributed by atoms with Crippen LogP contribution in [-0.4, -0.2) is 11.5 Å². The van der Waals surface area contributed by atoms with Crippen molar-refractivity contribution in [2.75, 3.05) is 0 Å². The third kappa shape index (κ3) is 3.65. The lowest BCUT2D eigenvalue weighted by atomic mass is 9.73. The van der Waals surface area contributed by atoms with Crippen LogP contribution in [0.3, 0.4) is 0 Å². The summed E-state index contributed by atoms with van der Waals surface area (Å²) < 4.78 is 40.2. The molecule has 0 heterocycles. The molecule has 0 aliphatic heterocycles. The Morgan fingerprint density at radius 3 is 2.13 bits per heavy atom.